The van der Waals surface area contributed by atoms with Gasteiger partial charge in [0.15, 0.2) is 0 Å². The van der Waals surface area contributed by atoms with Crippen LogP contribution in [-0.4, -0.2) is 4.98 Å². The highest BCUT2D eigenvalue weighted by atomic mass is 19.4. The second kappa shape index (κ2) is 6.35. The lowest BCUT2D eigenvalue weighted by Gasteiger charge is -2.16. The molecule has 0 spiro atoms. The number of halogens is 3. The van der Waals surface area contributed by atoms with Crippen LogP contribution in [0.5, 0.6) is 11.5 Å². The van der Waals surface area contributed by atoms with E-state index in [1.807, 2.05) is 0 Å². The van der Waals surface area contributed by atoms with Crippen molar-refractivity contribution in [2.45, 2.75) is 19.7 Å². The summed E-state index contributed by atoms with van der Waals surface area (Å²) in [6.45, 7) is 1.29. The predicted octanol–water partition coefficient (Wildman–Crippen LogP) is 3.85. The van der Waals surface area contributed by atoms with Gasteiger partial charge in [0.25, 0.3) is 6.26 Å². The number of alkyl halides is 3. The third-order valence-corrected chi connectivity index (χ3v) is 2.92. The average Bonchev–Trinajstić information content (AvgIpc) is 2.46. The maximum atomic E-state index is 13.1. The number of aromatic nitrogens is 1. The number of hydrogen-bond acceptors (Lipinski definition) is 4. The predicted molar refractivity (Wildman–Crippen MR) is 71.0 cm³/mol. The molecule has 0 aliphatic rings. The smallest absolute Gasteiger partial charge is 0.416 e. The van der Waals surface area contributed by atoms with Crippen LogP contribution in [0.4, 0.5) is 13.2 Å². The summed E-state index contributed by atoms with van der Waals surface area (Å²) >= 11 is 0. The summed E-state index contributed by atoms with van der Waals surface area (Å²) in [4.78, 5) is 3.99. The molecule has 0 aliphatic heterocycles. The van der Waals surface area contributed by atoms with Gasteiger partial charge in [-0.05, 0) is 31.2 Å². The Labute approximate surface area is 124 Å². The Morgan fingerprint density at radius 1 is 1.18 bits per heavy atom. The molecule has 1 aromatic carbocycles. The molecular formula is C15H11F3N2O2. The lowest BCUT2D eigenvalue weighted by atomic mass is 10.1. The van der Waals surface area contributed by atoms with Gasteiger partial charge in [-0.2, -0.15) is 13.2 Å². The van der Waals surface area contributed by atoms with Gasteiger partial charge in [0.05, 0.1) is 11.3 Å². The van der Waals surface area contributed by atoms with E-state index in [2.05, 4.69) is 9.72 Å². The number of benzene rings is 1. The highest BCUT2D eigenvalue weighted by Crippen LogP contribution is 2.36. The molecule has 0 saturated carbocycles. The fourth-order valence-electron chi connectivity index (χ4n) is 1.90. The van der Waals surface area contributed by atoms with Crippen molar-refractivity contribution in [2.24, 2.45) is 0 Å². The molecule has 1 aromatic heterocycles. The molecule has 0 atom stereocenters. The van der Waals surface area contributed by atoms with Crippen LogP contribution in [0, 0.1) is 18.4 Å². The van der Waals surface area contributed by atoms with Crippen molar-refractivity contribution in [2.75, 3.05) is 0 Å². The Bertz CT molecular complexity index is 709. The SMILES string of the molecule is Cc1ncccc1OCc1c(OC#N)cccc1C(F)(F)F. The van der Waals surface area contributed by atoms with Crippen LogP contribution in [0.1, 0.15) is 16.8 Å². The molecular weight excluding hydrogens is 297 g/mol. The van der Waals surface area contributed by atoms with Gasteiger partial charge in [-0.25, -0.2) is 0 Å². The number of ether oxygens (including phenoxy) is 2. The third kappa shape index (κ3) is 3.47. The normalized spacial score (nSPS) is 10.9. The molecule has 2 aromatic rings. The molecule has 0 radical (unpaired) electrons. The maximum absolute atomic E-state index is 13.1. The summed E-state index contributed by atoms with van der Waals surface area (Å²) in [7, 11) is 0. The van der Waals surface area contributed by atoms with Gasteiger partial charge in [-0.15, -0.1) is 5.26 Å². The van der Waals surface area contributed by atoms with Gasteiger partial charge < -0.3 is 9.47 Å². The summed E-state index contributed by atoms with van der Waals surface area (Å²) < 4.78 is 49.2. The van der Waals surface area contributed by atoms with Gasteiger partial charge >= 0.3 is 6.18 Å². The topological polar surface area (TPSA) is 55.1 Å². The minimum atomic E-state index is -4.57. The van der Waals surface area contributed by atoms with Crippen molar-refractivity contribution in [3.05, 3.63) is 53.3 Å². The van der Waals surface area contributed by atoms with Crippen molar-refractivity contribution < 1.29 is 22.6 Å². The van der Waals surface area contributed by atoms with E-state index in [4.69, 9.17) is 10.00 Å². The van der Waals surface area contributed by atoms with E-state index in [-0.39, 0.29) is 17.9 Å². The van der Waals surface area contributed by atoms with Gasteiger partial charge in [0.1, 0.15) is 18.1 Å². The van der Waals surface area contributed by atoms with Crippen LogP contribution in [-0.2, 0) is 12.8 Å². The van der Waals surface area contributed by atoms with Gasteiger partial charge in [0.2, 0.25) is 0 Å². The Morgan fingerprint density at radius 2 is 1.91 bits per heavy atom. The number of nitrogens with zero attached hydrogens (tertiary/aromatic N) is 2. The van der Waals surface area contributed by atoms with Crippen LogP contribution in [0.15, 0.2) is 36.5 Å². The molecule has 114 valence electrons. The van der Waals surface area contributed by atoms with Crippen LogP contribution < -0.4 is 9.47 Å². The van der Waals surface area contributed by atoms with Gasteiger partial charge in [0, 0.05) is 11.8 Å². The van der Waals surface area contributed by atoms with Gasteiger partial charge in [-0.1, -0.05) is 6.07 Å². The van der Waals surface area contributed by atoms with E-state index >= 15 is 0 Å². The third-order valence-electron chi connectivity index (χ3n) is 2.92. The fourth-order valence-corrected chi connectivity index (χ4v) is 1.90. The van der Waals surface area contributed by atoms with E-state index in [0.717, 1.165) is 6.07 Å². The molecule has 2 rings (SSSR count). The Kier molecular flexibility index (Phi) is 4.51. The first-order valence-electron chi connectivity index (χ1n) is 6.23. The number of nitriles is 1. The van der Waals surface area contributed by atoms with E-state index < -0.39 is 11.7 Å². The van der Waals surface area contributed by atoms with Gasteiger partial charge in [-0.3, -0.25) is 4.98 Å². The summed E-state index contributed by atoms with van der Waals surface area (Å²) in [5.41, 5.74) is -0.587. The minimum Gasteiger partial charge on any atom is -0.487 e. The molecule has 0 fully saturated rings. The molecule has 0 bridgehead atoms. The van der Waals surface area contributed by atoms with Crippen molar-refractivity contribution in [3.63, 3.8) is 0 Å². The summed E-state index contributed by atoms with van der Waals surface area (Å²) in [5, 5.41) is 8.56. The molecule has 4 nitrogen and oxygen atoms in total. The summed E-state index contributed by atoms with van der Waals surface area (Å²) in [6, 6.07) is 6.59. The Hall–Kier alpha value is -2.75. The Morgan fingerprint density at radius 3 is 2.55 bits per heavy atom. The molecule has 0 amide bonds. The van der Waals surface area contributed by atoms with Crippen molar-refractivity contribution in [1.29, 1.82) is 5.26 Å². The van der Waals surface area contributed by atoms with Crippen molar-refractivity contribution >= 4 is 0 Å². The second-order valence-corrected chi connectivity index (χ2v) is 4.35. The largest absolute Gasteiger partial charge is 0.487 e. The fraction of sp³-hybridized carbons (Fsp3) is 0.200. The van der Waals surface area contributed by atoms with Crippen LogP contribution >= 0.6 is 0 Å². The highest BCUT2D eigenvalue weighted by Gasteiger charge is 2.35. The van der Waals surface area contributed by atoms with E-state index in [1.165, 1.54) is 18.4 Å². The van der Waals surface area contributed by atoms with Crippen LogP contribution in [0.25, 0.3) is 0 Å². The molecule has 0 saturated heterocycles. The molecule has 0 aliphatic carbocycles. The van der Waals surface area contributed by atoms with E-state index in [0.29, 0.717) is 11.4 Å². The first kappa shape index (κ1) is 15.6. The first-order chi connectivity index (χ1) is 10.4. The lowest BCUT2D eigenvalue weighted by Crippen LogP contribution is -2.12. The zero-order valence-corrected chi connectivity index (χ0v) is 11.5. The molecule has 0 unspecified atom stereocenters. The molecule has 22 heavy (non-hydrogen) atoms. The zero-order chi connectivity index (χ0) is 16.2. The van der Waals surface area contributed by atoms with Crippen molar-refractivity contribution in [1.82, 2.24) is 4.98 Å². The highest BCUT2D eigenvalue weighted by molar-refractivity contribution is 5.42. The summed E-state index contributed by atoms with van der Waals surface area (Å²) in [6.07, 6.45) is -1.64. The standard InChI is InChI=1S/C15H11F3N2O2/c1-10-13(6-3-7-20-10)21-8-11-12(15(16,17)18)4-2-5-14(11)22-9-19/h2-7H,8H2,1H3. The monoisotopic (exact) mass is 308 g/mol. The minimum absolute atomic E-state index is 0.182. The quantitative estimate of drug-likeness (QED) is 0.805. The average molecular weight is 308 g/mol. The number of hydrogen-bond donors (Lipinski definition) is 0. The number of aryl methyl sites for hydroxylation is 1. The zero-order valence-electron chi connectivity index (χ0n) is 11.5. The second-order valence-electron chi connectivity index (χ2n) is 4.35. The van der Waals surface area contributed by atoms with E-state index in [1.54, 1.807) is 25.3 Å². The Balaban J connectivity index is 2.36. The van der Waals surface area contributed by atoms with Crippen LogP contribution in [0.2, 0.25) is 0 Å². The lowest BCUT2D eigenvalue weighted by molar-refractivity contribution is -0.138. The van der Waals surface area contributed by atoms with E-state index in [9.17, 15) is 13.2 Å². The maximum Gasteiger partial charge on any atom is 0.416 e. The first-order valence-corrected chi connectivity index (χ1v) is 6.23. The van der Waals surface area contributed by atoms with Crippen LogP contribution in [0.3, 0.4) is 0 Å². The van der Waals surface area contributed by atoms with Crippen molar-refractivity contribution in [3.8, 4) is 17.8 Å². The molecule has 1 heterocycles. The summed E-state index contributed by atoms with van der Waals surface area (Å²) in [5.74, 6) is 0.182. The number of pyridine rings is 1. The number of rotatable bonds is 4. The molecule has 7 heteroatoms. The molecule has 0 N–H and O–H groups in total.